The quantitative estimate of drug-likeness (QED) is 0.271. The first-order valence-electron chi connectivity index (χ1n) is 11.1. The standard InChI is InChI=1S/C27H23F2N5O2/c1-15-23-26(27(33-14-32-23)31-13-16-3-9-20(36-2)10-4-16)34(24(15)17-5-7-18(30)8-6-17)25-21(28)11-19(35)12-22(25)29/h3-12,14,35H,13,30H2,1-2H3,(H,31,32,33). The maximum Gasteiger partial charge on any atom is 0.154 e. The molecule has 0 amide bonds. The summed E-state index contributed by atoms with van der Waals surface area (Å²) in [6.07, 6.45) is 1.41. The van der Waals surface area contributed by atoms with Crippen molar-refractivity contribution in [3.05, 3.63) is 89.8 Å². The minimum Gasteiger partial charge on any atom is -0.508 e. The normalized spacial score (nSPS) is 11.1. The van der Waals surface area contributed by atoms with Crippen LogP contribution in [0.15, 0.2) is 67.0 Å². The van der Waals surface area contributed by atoms with Gasteiger partial charge in [0.05, 0.1) is 18.3 Å². The SMILES string of the molecule is COc1ccc(CNc2ncnc3c(C)c(-c4ccc(N)cc4)n(-c4c(F)cc(O)cc4F)c23)cc1. The zero-order chi connectivity index (χ0) is 25.4. The second kappa shape index (κ2) is 9.18. The van der Waals surface area contributed by atoms with E-state index < -0.39 is 17.4 Å². The molecule has 0 spiro atoms. The zero-order valence-electron chi connectivity index (χ0n) is 19.6. The van der Waals surface area contributed by atoms with E-state index >= 15 is 8.78 Å². The molecule has 0 aliphatic rings. The monoisotopic (exact) mass is 487 g/mol. The molecule has 7 nitrogen and oxygen atoms in total. The van der Waals surface area contributed by atoms with Crippen molar-refractivity contribution in [1.82, 2.24) is 14.5 Å². The molecule has 182 valence electrons. The number of benzene rings is 3. The summed E-state index contributed by atoms with van der Waals surface area (Å²) < 4.78 is 37.1. The van der Waals surface area contributed by atoms with E-state index in [1.165, 1.54) is 10.9 Å². The Labute approximate surface area is 205 Å². The Hall–Kier alpha value is -4.66. The first kappa shape index (κ1) is 23.1. The summed E-state index contributed by atoms with van der Waals surface area (Å²) >= 11 is 0. The molecule has 0 atom stereocenters. The fraction of sp³-hybridized carbons (Fsp3) is 0.111. The number of aromatic hydroxyl groups is 1. The first-order valence-corrected chi connectivity index (χ1v) is 11.1. The Morgan fingerprint density at radius 2 is 1.67 bits per heavy atom. The number of nitrogens with two attached hydrogens (primary N) is 1. The van der Waals surface area contributed by atoms with E-state index in [2.05, 4.69) is 15.3 Å². The number of nitrogens with zero attached hydrogens (tertiary/aromatic N) is 3. The molecule has 9 heteroatoms. The number of ether oxygens (including phenoxy) is 1. The third-order valence-electron chi connectivity index (χ3n) is 6.01. The van der Waals surface area contributed by atoms with E-state index in [4.69, 9.17) is 10.5 Å². The molecule has 0 saturated carbocycles. The summed E-state index contributed by atoms with van der Waals surface area (Å²) in [5, 5.41) is 13.0. The number of aryl methyl sites for hydroxylation is 1. The van der Waals surface area contributed by atoms with Crippen LogP contribution in [0.4, 0.5) is 20.3 Å². The highest BCUT2D eigenvalue weighted by Gasteiger charge is 2.25. The second-order valence-electron chi connectivity index (χ2n) is 8.31. The number of nitrogen functional groups attached to an aromatic ring is 1. The van der Waals surface area contributed by atoms with Gasteiger partial charge in [0.15, 0.2) is 17.5 Å². The van der Waals surface area contributed by atoms with Gasteiger partial charge in [-0.2, -0.15) is 0 Å². The van der Waals surface area contributed by atoms with Crippen molar-refractivity contribution in [2.75, 3.05) is 18.2 Å². The van der Waals surface area contributed by atoms with Crippen LogP contribution in [-0.2, 0) is 6.54 Å². The predicted octanol–water partition coefficient (Wildman–Crippen LogP) is 5.58. The van der Waals surface area contributed by atoms with Gasteiger partial charge < -0.3 is 20.9 Å². The molecule has 5 aromatic rings. The van der Waals surface area contributed by atoms with Gasteiger partial charge >= 0.3 is 0 Å². The third kappa shape index (κ3) is 4.04. The first-order chi connectivity index (χ1) is 17.4. The molecule has 3 aromatic carbocycles. The zero-order valence-corrected chi connectivity index (χ0v) is 19.6. The number of fused-ring (bicyclic) bond motifs is 1. The minimum absolute atomic E-state index is 0.347. The van der Waals surface area contributed by atoms with Crippen molar-refractivity contribution >= 4 is 22.5 Å². The van der Waals surface area contributed by atoms with Crippen LogP contribution in [-0.4, -0.2) is 26.8 Å². The molecule has 0 radical (unpaired) electrons. The number of hydrogen-bond donors (Lipinski definition) is 3. The average molecular weight is 488 g/mol. The van der Waals surface area contributed by atoms with Gasteiger partial charge in [0.2, 0.25) is 0 Å². The van der Waals surface area contributed by atoms with E-state index in [-0.39, 0.29) is 5.69 Å². The van der Waals surface area contributed by atoms with E-state index in [1.54, 1.807) is 31.4 Å². The third-order valence-corrected chi connectivity index (χ3v) is 6.01. The van der Waals surface area contributed by atoms with Crippen LogP contribution in [0.1, 0.15) is 11.1 Å². The van der Waals surface area contributed by atoms with Crippen LogP contribution in [0.25, 0.3) is 28.0 Å². The van der Waals surface area contributed by atoms with E-state index in [0.29, 0.717) is 45.9 Å². The maximum absolute atomic E-state index is 15.2. The Kier molecular flexibility index (Phi) is 5.89. The molecular formula is C27H23F2N5O2. The summed E-state index contributed by atoms with van der Waals surface area (Å²) in [6.45, 7) is 2.24. The number of anilines is 2. The van der Waals surface area contributed by atoms with Gasteiger partial charge in [-0.05, 0) is 42.3 Å². The molecule has 36 heavy (non-hydrogen) atoms. The van der Waals surface area contributed by atoms with Gasteiger partial charge in [-0.1, -0.05) is 24.3 Å². The molecule has 0 bridgehead atoms. The van der Waals surface area contributed by atoms with E-state index in [1.807, 2.05) is 31.2 Å². The summed E-state index contributed by atoms with van der Waals surface area (Å²) in [5.41, 5.74) is 9.89. The van der Waals surface area contributed by atoms with E-state index in [0.717, 1.165) is 23.4 Å². The van der Waals surface area contributed by atoms with Gasteiger partial charge in [-0.3, -0.25) is 4.57 Å². The number of phenolic OH excluding ortho intramolecular Hbond substituents is 1. The Bertz CT molecular complexity index is 1540. The molecule has 0 saturated heterocycles. The fourth-order valence-corrected chi connectivity index (χ4v) is 4.29. The molecule has 0 unspecified atom stereocenters. The summed E-state index contributed by atoms with van der Waals surface area (Å²) in [5.74, 6) is -1.23. The highest BCUT2D eigenvalue weighted by atomic mass is 19.1. The lowest BCUT2D eigenvalue weighted by molar-refractivity contribution is 0.414. The molecule has 0 aliphatic heterocycles. The minimum atomic E-state index is -0.925. The van der Waals surface area contributed by atoms with Crippen molar-refractivity contribution in [1.29, 1.82) is 0 Å². The Morgan fingerprint density at radius 1 is 1.00 bits per heavy atom. The van der Waals surface area contributed by atoms with Gasteiger partial charge in [0.25, 0.3) is 0 Å². The fourth-order valence-electron chi connectivity index (χ4n) is 4.29. The largest absolute Gasteiger partial charge is 0.508 e. The van der Waals surface area contributed by atoms with Crippen molar-refractivity contribution in [2.45, 2.75) is 13.5 Å². The molecule has 0 fully saturated rings. The average Bonchev–Trinajstić information content (AvgIpc) is 3.15. The molecule has 2 heterocycles. The van der Waals surface area contributed by atoms with Crippen LogP contribution < -0.4 is 15.8 Å². The van der Waals surface area contributed by atoms with Crippen LogP contribution in [0.3, 0.4) is 0 Å². The highest BCUT2D eigenvalue weighted by Crippen LogP contribution is 2.39. The van der Waals surface area contributed by atoms with Crippen molar-refractivity contribution < 1.29 is 18.6 Å². The Morgan fingerprint density at radius 3 is 2.31 bits per heavy atom. The number of methoxy groups -OCH3 is 1. The number of aromatic nitrogens is 3. The van der Waals surface area contributed by atoms with Crippen LogP contribution in [0.2, 0.25) is 0 Å². The van der Waals surface area contributed by atoms with Crippen molar-refractivity contribution in [3.63, 3.8) is 0 Å². The lowest BCUT2D eigenvalue weighted by atomic mass is 10.1. The van der Waals surface area contributed by atoms with Gasteiger partial charge in [-0.25, -0.2) is 18.7 Å². The molecule has 5 rings (SSSR count). The maximum atomic E-state index is 15.2. The molecular weight excluding hydrogens is 464 g/mol. The highest BCUT2D eigenvalue weighted by molar-refractivity contribution is 5.96. The van der Waals surface area contributed by atoms with Crippen LogP contribution in [0, 0.1) is 18.6 Å². The second-order valence-corrected chi connectivity index (χ2v) is 8.31. The van der Waals surface area contributed by atoms with Crippen molar-refractivity contribution in [3.8, 4) is 28.4 Å². The topological polar surface area (TPSA) is 98.2 Å². The summed E-state index contributed by atoms with van der Waals surface area (Å²) in [6, 6.07) is 16.3. The number of halogens is 2. The van der Waals surface area contributed by atoms with Gasteiger partial charge in [-0.15, -0.1) is 0 Å². The predicted molar refractivity (Wildman–Crippen MR) is 135 cm³/mol. The lowest BCUT2D eigenvalue weighted by Crippen LogP contribution is -2.08. The van der Waals surface area contributed by atoms with Crippen LogP contribution in [0.5, 0.6) is 11.5 Å². The smallest absolute Gasteiger partial charge is 0.154 e. The van der Waals surface area contributed by atoms with Gasteiger partial charge in [0.1, 0.15) is 29.0 Å². The molecule has 4 N–H and O–H groups in total. The summed E-state index contributed by atoms with van der Waals surface area (Å²) in [7, 11) is 1.60. The number of nitrogens with one attached hydrogen (secondary N) is 1. The number of phenols is 1. The van der Waals surface area contributed by atoms with E-state index in [9.17, 15) is 5.11 Å². The Balaban J connectivity index is 1.74. The number of rotatable bonds is 6. The molecule has 2 aromatic heterocycles. The summed E-state index contributed by atoms with van der Waals surface area (Å²) in [4.78, 5) is 8.84. The van der Waals surface area contributed by atoms with Crippen LogP contribution >= 0.6 is 0 Å². The van der Waals surface area contributed by atoms with Gasteiger partial charge in [0, 0.05) is 29.9 Å². The molecule has 0 aliphatic carbocycles. The lowest BCUT2D eigenvalue weighted by Gasteiger charge is -2.16. The number of hydrogen-bond acceptors (Lipinski definition) is 6. The van der Waals surface area contributed by atoms with Crippen molar-refractivity contribution in [2.24, 2.45) is 0 Å².